The van der Waals surface area contributed by atoms with E-state index in [1.807, 2.05) is 115 Å². The maximum Gasteiger partial charge on any atom is 0.250 e. The van der Waals surface area contributed by atoms with Crippen LogP contribution in [0.25, 0.3) is 12.2 Å². The first-order valence-corrected chi connectivity index (χ1v) is 16.6. The summed E-state index contributed by atoms with van der Waals surface area (Å²) in [4.78, 5) is 32.8. The van der Waals surface area contributed by atoms with Crippen molar-refractivity contribution >= 4 is 29.5 Å². The van der Waals surface area contributed by atoms with E-state index < -0.39 is 11.0 Å². The third-order valence-corrected chi connectivity index (χ3v) is 10.3. The molecule has 4 atom stereocenters. The van der Waals surface area contributed by atoms with Gasteiger partial charge in [-0.1, -0.05) is 140 Å². The monoisotopic (exact) mass is 627 g/mol. The van der Waals surface area contributed by atoms with Gasteiger partial charge in [0, 0.05) is 41.9 Å². The molecule has 2 spiro atoms. The highest BCUT2D eigenvalue weighted by Gasteiger charge is 2.74. The molecule has 5 nitrogen and oxygen atoms in total. The lowest BCUT2D eigenvalue weighted by Crippen LogP contribution is -2.65. The number of carbonyl (C=O) groups excluding carboxylic acids is 2. The quantitative estimate of drug-likeness (QED) is 0.192. The van der Waals surface area contributed by atoms with Crippen molar-refractivity contribution in [3.05, 3.63) is 185 Å². The van der Waals surface area contributed by atoms with Crippen molar-refractivity contribution in [1.82, 2.24) is 10.2 Å². The minimum absolute atomic E-state index is 0.0134. The van der Waals surface area contributed by atoms with Gasteiger partial charge in [0.15, 0.2) is 5.78 Å². The average Bonchev–Trinajstić information content (AvgIpc) is 3.58. The Hall–Kier alpha value is -5.52. The maximum absolute atomic E-state index is 15.7. The molecule has 2 N–H and O–H groups in total. The molecular formula is C43H37N3O2. The largest absolute Gasteiger partial charge is 0.372 e. The summed E-state index contributed by atoms with van der Waals surface area (Å²) in [6.07, 6.45) is 6.87. The standard InChI is InChI=1S/C43H37N3O2/c47-40-35(27-32-17-7-2-8-18-32)29-46(26-25-31-15-5-1-6-16-31)30-42(40)39(34-21-11-4-12-22-34)38(28-33-19-9-3-10-20-33)45-43(42)36-23-13-14-24-37(36)44-41(43)48/h1-27,38-39,45H,28-30H2,(H,44,48)/b26-25+,35-27+/t38-,39-,42-,43?/m1/s1. The maximum atomic E-state index is 15.7. The molecule has 3 aliphatic rings. The summed E-state index contributed by atoms with van der Waals surface area (Å²) in [6.45, 7) is 0.796. The number of anilines is 1. The second-order valence-electron chi connectivity index (χ2n) is 13.1. The molecule has 2 fully saturated rings. The Morgan fingerprint density at radius 1 is 0.708 bits per heavy atom. The Morgan fingerprint density at radius 2 is 1.31 bits per heavy atom. The first-order valence-electron chi connectivity index (χ1n) is 16.6. The minimum Gasteiger partial charge on any atom is -0.372 e. The molecule has 0 aliphatic carbocycles. The van der Waals surface area contributed by atoms with E-state index in [9.17, 15) is 4.79 Å². The lowest BCUT2D eigenvalue weighted by molar-refractivity contribution is -0.141. The first-order chi connectivity index (χ1) is 23.6. The predicted octanol–water partition coefficient (Wildman–Crippen LogP) is 7.46. The molecule has 2 saturated heterocycles. The van der Waals surface area contributed by atoms with Crippen molar-refractivity contribution in [2.75, 3.05) is 18.4 Å². The smallest absolute Gasteiger partial charge is 0.250 e. The number of likely N-dealkylation sites (tertiary alicyclic amines) is 1. The van der Waals surface area contributed by atoms with E-state index in [-0.39, 0.29) is 23.7 Å². The normalized spacial score (nSPS) is 25.7. The molecule has 3 aliphatic heterocycles. The zero-order valence-electron chi connectivity index (χ0n) is 26.6. The summed E-state index contributed by atoms with van der Waals surface area (Å²) >= 11 is 0. The third kappa shape index (κ3) is 4.90. The molecule has 0 radical (unpaired) electrons. The van der Waals surface area contributed by atoms with E-state index in [4.69, 9.17) is 0 Å². The molecule has 48 heavy (non-hydrogen) atoms. The lowest BCUT2D eigenvalue weighted by Gasteiger charge is -2.50. The average molecular weight is 628 g/mol. The number of ketones is 1. The van der Waals surface area contributed by atoms with Gasteiger partial charge in [-0.2, -0.15) is 0 Å². The number of benzene rings is 5. The molecule has 1 amide bonds. The van der Waals surface area contributed by atoms with E-state index >= 15 is 4.79 Å². The number of carbonyl (C=O) groups is 2. The molecular weight excluding hydrogens is 590 g/mol. The number of fused-ring (bicyclic) bond motifs is 3. The summed E-state index contributed by atoms with van der Waals surface area (Å²) in [7, 11) is 0. The second-order valence-corrected chi connectivity index (χ2v) is 13.1. The van der Waals surface area contributed by atoms with Crippen LogP contribution in [0.4, 0.5) is 5.69 Å². The van der Waals surface area contributed by atoms with Crippen LogP contribution < -0.4 is 10.6 Å². The number of amides is 1. The van der Waals surface area contributed by atoms with Crippen LogP contribution in [0.1, 0.15) is 33.7 Å². The van der Waals surface area contributed by atoms with Crippen molar-refractivity contribution in [3.8, 4) is 0 Å². The van der Waals surface area contributed by atoms with Gasteiger partial charge in [0.05, 0.1) is 5.41 Å². The van der Waals surface area contributed by atoms with Crippen LogP contribution in [-0.2, 0) is 21.5 Å². The molecule has 0 aromatic heterocycles. The highest BCUT2D eigenvalue weighted by atomic mass is 16.2. The van der Waals surface area contributed by atoms with Crippen molar-refractivity contribution in [2.45, 2.75) is 23.9 Å². The van der Waals surface area contributed by atoms with Crippen LogP contribution in [0.15, 0.2) is 157 Å². The summed E-state index contributed by atoms with van der Waals surface area (Å²) in [5, 5.41) is 7.13. The first kappa shape index (κ1) is 29.9. The molecule has 5 aromatic carbocycles. The van der Waals surface area contributed by atoms with Crippen molar-refractivity contribution in [3.63, 3.8) is 0 Å². The Kier molecular flexibility index (Phi) is 7.62. The van der Waals surface area contributed by atoms with Crippen molar-refractivity contribution in [1.29, 1.82) is 0 Å². The highest BCUT2D eigenvalue weighted by molar-refractivity contribution is 6.16. The summed E-state index contributed by atoms with van der Waals surface area (Å²) < 4.78 is 0. The Morgan fingerprint density at radius 3 is 2.02 bits per heavy atom. The fourth-order valence-corrected chi connectivity index (χ4v) is 8.40. The van der Waals surface area contributed by atoms with Crippen molar-refractivity contribution < 1.29 is 9.59 Å². The predicted molar refractivity (Wildman–Crippen MR) is 192 cm³/mol. The highest BCUT2D eigenvalue weighted by Crippen LogP contribution is 2.63. The van der Waals surface area contributed by atoms with Gasteiger partial charge in [0.25, 0.3) is 5.91 Å². The third-order valence-electron chi connectivity index (χ3n) is 10.3. The second kappa shape index (κ2) is 12.3. The molecule has 0 bridgehead atoms. The van der Waals surface area contributed by atoms with Crippen LogP contribution in [0.5, 0.6) is 0 Å². The van der Waals surface area contributed by atoms with Crippen molar-refractivity contribution in [2.24, 2.45) is 5.41 Å². The van der Waals surface area contributed by atoms with Gasteiger partial charge < -0.3 is 10.2 Å². The van der Waals surface area contributed by atoms with E-state index in [2.05, 4.69) is 64.2 Å². The van der Waals surface area contributed by atoms with Gasteiger partial charge in [-0.25, -0.2) is 0 Å². The van der Waals surface area contributed by atoms with Crippen LogP contribution in [-0.4, -0.2) is 35.7 Å². The van der Waals surface area contributed by atoms with Gasteiger partial charge in [-0.05, 0) is 53.1 Å². The molecule has 8 rings (SSSR count). The van der Waals surface area contributed by atoms with Gasteiger partial charge in [0.1, 0.15) is 5.54 Å². The van der Waals surface area contributed by atoms with E-state index in [0.29, 0.717) is 25.1 Å². The summed E-state index contributed by atoms with van der Waals surface area (Å²) in [5.74, 6) is -0.489. The number of piperidine rings is 1. The molecule has 5 heteroatoms. The number of hydrogen-bond acceptors (Lipinski definition) is 4. The Bertz CT molecular complexity index is 2010. The number of nitrogens with one attached hydrogen (secondary N) is 2. The lowest BCUT2D eigenvalue weighted by atomic mass is 9.55. The van der Waals surface area contributed by atoms with E-state index in [1.165, 1.54) is 0 Å². The number of Topliss-reactive ketones (excluding diaryl/α,β-unsaturated/α-hetero) is 1. The van der Waals surface area contributed by atoms with E-state index in [1.54, 1.807) is 0 Å². The van der Waals surface area contributed by atoms with Gasteiger partial charge in [0.2, 0.25) is 0 Å². The SMILES string of the molecule is O=C1Nc2ccccc2C12N[C@H](Cc1ccccc1)[C@@H](c1ccccc1)[C@@]21CN(/C=C/c2ccccc2)C/C(=C\c2ccccc2)C1=O. The molecule has 5 aromatic rings. The van der Waals surface area contributed by atoms with Crippen LogP contribution in [0.2, 0.25) is 0 Å². The van der Waals surface area contributed by atoms with Gasteiger partial charge >= 0.3 is 0 Å². The van der Waals surface area contributed by atoms with Crippen LogP contribution >= 0.6 is 0 Å². The zero-order chi connectivity index (χ0) is 32.6. The molecule has 3 heterocycles. The van der Waals surface area contributed by atoms with Crippen LogP contribution in [0.3, 0.4) is 0 Å². The summed E-state index contributed by atoms with van der Waals surface area (Å²) in [6, 6.07) is 48.6. The molecule has 0 saturated carbocycles. The van der Waals surface area contributed by atoms with Crippen LogP contribution in [0, 0.1) is 5.41 Å². The number of hydrogen-bond donors (Lipinski definition) is 2. The molecule has 236 valence electrons. The number of rotatable bonds is 6. The topological polar surface area (TPSA) is 61.4 Å². The zero-order valence-corrected chi connectivity index (χ0v) is 26.6. The number of para-hydroxylation sites is 1. The van der Waals surface area contributed by atoms with Gasteiger partial charge in [-0.15, -0.1) is 0 Å². The Labute approximate surface area is 281 Å². The molecule has 1 unspecified atom stereocenters. The minimum atomic E-state index is -1.31. The fourth-order valence-electron chi connectivity index (χ4n) is 8.40. The summed E-state index contributed by atoms with van der Waals surface area (Å²) in [5.41, 5.74) is 3.98. The van der Waals surface area contributed by atoms with Gasteiger partial charge in [-0.3, -0.25) is 14.9 Å². The Balaban J connectivity index is 1.39. The number of nitrogens with zero attached hydrogens (tertiary/aromatic N) is 1. The van der Waals surface area contributed by atoms with E-state index in [0.717, 1.165) is 33.5 Å². The fraction of sp³-hybridized carbons (Fsp3) is 0.163.